The molecule has 0 radical (unpaired) electrons. The first-order valence-electron chi connectivity index (χ1n) is 3.84. The second kappa shape index (κ2) is 4.39. The molecule has 0 atom stereocenters. The van der Waals surface area contributed by atoms with Crippen molar-refractivity contribution in [3.8, 4) is 0 Å². The van der Waals surface area contributed by atoms with Crippen LogP contribution in [0.15, 0.2) is 21.6 Å². The zero-order valence-electron chi connectivity index (χ0n) is 7.50. The summed E-state index contributed by atoms with van der Waals surface area (Å²) in [7, 11) is 0. The predicted octanol–water partition coefficient (Wildman–Crippen LogP) is 2.70. The largest absolute Gasteiger partial charge is 0.290 e. The third kappa shape index (κ3) is 2.54. The third-order valence-corrected chi connectivity index (χ3v) is 2.17. The molecule has 0 spiro atoms. The van der Waals surface area contributed by atoms with Gasteiger partial charge in [-0.2, -0.15) is 0 Å². The van der Waals surface area contributed by atoms with Gasteiger partial charge >= 0.3 is 0 Å². The van der Waals surface area contributed by atoms with Crippen LogP contribution < -0.4 is 5.48 Å². The van der Waals surface area contributed by atoms with Crippen molar-refractivity contribution in [3.63, 3.8) is 0 Å². The van der Waals surface area contributed by atoms with Crippen LogP contribution in [0.4, 0.5) is 5.69 Å². The molecule has 2 N–H and O–H groups in total. The average Bonchev–Trinajstić information content (AvgIpc) is 2.02. The number of hydrogen-bond donors (Lipinski definition) is 2. The van der Waals surface area contributed by atoms with Crippen molar-refractivity contribution in [1.82, 2.24) is 5.48 Å². The van der Waals surface area contributed by atoms with E-state index >= 15 is 0 Å². The van der Waals surface area contributed by atoms with Crippen LogP contribution in [0.2, 0.25) is 0 Å². The van der Waals surface area contributed by atoms with Crippen molar-refractivity contribution in [2.75, 3.05) is 0 Å². The molecule has 0 unspecified atom stereocenters. The monoisotopic (exact) mass is 242 g/mol. The van der Waals surface area contributed by atoms with E-state index in [0.29, 0.717) is 0 Å². The van der Waals surface area contributed by atoms with E-state index in [1.165, 1.54) is 6.34 Å². The number of aliphatic imine (C=N–C) groups is 1. The number of rotatable bonds is 2. The van der Waals surface area contributed by atoms with Crippen LogP contribution in [0, 0.1) is 13.8 Å². The van der Waals surface area contributed by atoms with Gasteiger partial charge < -0.3 is 0 Å². The zero-order valence-corrected chi connectivity index (χ0v) is 9.09. The molecule has 1 aromatic carbocycles. The Hall–Kier alpha value is -0.870. The molecule has 0 saturated heterocycles. The first-order chi connectivity index (χ1) is 6.15. The van der Waals surface area contributed by atoms with Crippen LogP contribution in [-0.4, -0.2) is 11.5 Å². The van der Waals surface area contributed by atoms with Crippen molar-refractivity contribution in [2.24, 2.45) is 4.99 Å². The number of aryl methyl sites for hydroxylation is 2. The van der Waals surface area contributed by atoms with Gasteiger partial charge in [0.05, 0.1) is 5.69 Å². The highest BCUT2D eigenvalue weighted by molar-refractivity contribution is 9.10. The van der Waals surface area contributed by atoms with Crippen molar-refractivity contribution in [3.05, 3.63) is 27.7 Å². The van der Waals surface area contributed by atoms with E-state index in [1.807, 2.05) is 31.5 Å². The van der Waals surface area contributed by atoms with Gasteiger partial charge in [0.1, 0.15) is 6.34 Å². The van der Waals surface area contributed by atoms with Gasteiger partial charge in [-0.15, -0.1) is 0 Å². The van der Waals surface area contributed by atoms with Crippen LogP contribution >= 0.6 is 15.9 Å². The Morgan fingerprint density at radius 3 is 2.38 bits per heavy atom. The Kier molecular flexibility index (Phi) is 3.45. The summed E-state index contributed by atoms with van der Waals surface area (Å²) in [4.78, 5) is 4.06. The Labute approximate surface area is 85.6 Å². The van der Waals surface area contributed by atoms with Crippen molar-refractivity contribution < 1.29 is 5.21 Å². The van der Waals surface area contributed by atoms with Crippen LogP contribution in [0.3, 0.4) is 0 Å². The quantitative estimate of drug-likeness (QED) is 0.476. The summed E-state index contributed by atoms with van der Waals surface area (Å²) in [6.45, 7) is 3.95. The Balaban J connectivity index is 3.13. The Morgan fingerprint density at radius 1 is 1.38 bits per heavy atom. The van der Waals surface area contributed by atoms with E-state index in [9.17, 15) is 0 Å². The lowest BCUT2D eigenvalue weighted by Crippen LogP contribution is -2.01. The highest BCUT2D eigenvalue weighted by Crippen LogP contribution is 2.26. The molecule has 0 bridgehead atoms. The predicted molar refractivity (Wildman–Crippen MR) is 56.7 cm³/mol. The number of hydroxylamine groups is 1. The second-order valence-electron chi connectivity index (χ2n) is 2.78. The van der Waals surface area contributed by atoms with Crippen molar-refractivity contribution in [1.29, 1.82) is 0 Å². The lowest BCUT2D eigenvalue weighted by atomic mass is 10.1. The van der Waals surface area contributed by atoms with Gasteiger partial charge in [-0.3, -0.25) is 10.7 Å². The summed E-state index contributed by atoms with van der Waals surface area (Å²) in [6, 6.07) is 3.97. The number of benzene rings is 1. The van der Waals surface area contributed by atoms with Gasteiger partial charge in [-0.05, 0) is 37.1 Å². The standard InChI is InChI=1S/C9H11BrN2O/c1-6-3-8(10)4-7(2)9(6)11-5-12-13/h3-5,13H,1-2H3,(H,11,12). The molecular weight excluding hydrogens is 232 g/mol. The maximum atomic E-state index is 8.36. The summed E-state index contributed by atoms with van der Waals surface area (Å²) in [5.41, 5.74) is 4.90. The van der Waals surface area contributed by atoms with Crippen LogP contribution in [0.5, 0.6) is 0 Å². The Morgan fingerprint density at radius 2 is 1.92 bits per heavy atom. The third-order valence-electron chi connectivity index (χ3n) is 1.71. The maximum absolute atomic E-state index is 8.36. The van der Waals surface area contributed by atoms with Gasteiger partial charge in [-0.25, -0.2) is 4.99 Å². The summed E-state index contributed by atoms with van der Waals surface area (Å²) >= 11 is 3.40. The van der Waals surface area contributed by atoms with Gasteiger partial charge in [0.25, 0.3) is 0 Å². The average molecular weight is 243 g/mol. The van der Waals surface area contributed by atoms with Crippen LogP contribution in [0.25, 0.3) is 0 Å². The summed E-state index contributed by atoms with van der Waals surface area (Å²) in [5, 5.41) is 8.36. The summed E-state index contributed by atoms with van der Waals surface area (Å²) in [6.07, 6.45) is 1.25. The van der Waals surface area contributed by atoms with Gasteiger partial charge in [0, 0.05) is 4.47 Å². The Bertz CT molecular complexity index is 313. The fraction of sp³-hybridized carbons (Fsp3) is 0.222. The SMILES string of the molecule is Cc1cc(Br)cc(C)c1N=CNO. The molecule has 13 heavy (non-hydrogen) atoms. The molecular formula is C9H11BrN2O. The number of nitrogens with zero attached hydrogens (tertiary/aromatic N) is 1. The highest BCUT2D eigenvalue weighted by Gasteiger charge is 2.01. The van der Waals surface area contributed by atoms with Crippen LogP contribution in [0.1, 0.15) is 11.1 Å². The molecule has 1 rings (SSSR count). The molecule has 70 valence electrons. The van der Waals surface area contributed by atoms with Crippen molar-refractivity contribution in [2.45, 2.75) is 13.8 Å². The molecule has 1 aromatic rings. The fourth-order valence-electron chi connectivity index (χ4n) is 1.20. The van der Waals surface area contributed by atoms with Crippen molar-refractivity contribution >= 4 is 28.0 Å². The van der Waals surface area contributed by atoms with E-state index < -0.39 is 0 Å². The smallest absolute Gasteiger partial charge is 0.113 e. The van der Waals surface area contributed by atoms with E-state index in [1.54, 1.807) is 0 Å². The molecule has 0 saturated carbocycles. The van der Waals surface area contributed by atoms with E-state index in [-0.39, 0.29) is 0 Å². The van der Waals surface area contributed by atoms with E-state index in [4.69, 9.17) is 5.21 Å². The number of nitrogens with one attached hydrogen (secondary N) is 1. The first kappa shape index (κ1) is 10.2. The molecule has 0 aliphatic heterocycles. The van der Waals surface area contributed by atoms with Gasteiger partial charge in [-0.1, -0.05) is 15.9 Å². The van der Waals surface area contributed by atoms with Gasteiger partial charge in [0.2, 0.25) is 0 Å². The van der Waals surface area contributed by atoms with E-state index in [2.05, 4.69) is 20.9 Å². The minimum Gasteiger partial charge on any atom is -0.290 e. The fourth-order valence-corrected chi connectivity index (χ4v) is 1.89. The zero-order chi connectivity index (χ0) is 9.84. The summed E-state index contributed by atoms with van der Waals surface area (Å²) in [5.74, 6) is 0. The summed E-state index contributed by atoms with van der Waals surface area (Å²) < 4.78 is 1.04. The molecule has 0 fully saturated rings. The minimum absolute atomic E-state index is 0.879. The number of halogens is 1. The highest BCUT2D eigenvalue weighted by atomic mass is 79.9. The maximum Gasteiger partial charge on any atom is 0.113 e. The topological polar surface area (TPSA) is 44.6 Å². The number of hydrogen-bond acceptors (Lipinski definition) is 2. The first-order valence-corrected chi connectivity index (χ1v) is 4.63. The lowest BCUT2D eigenvalue weighted by molar-refractivity contribution is 0.240. The molecule has 0 aliphatic carbocycles. The molecule has 0 aliphatic rings. The molecule has 3 nitrogen and oxygen atoms in total. The molecule has 0 heterocycles. The normalized spacial score (nSPS) is 10.8. The molecule has 0 aromatic heterocycles. The molecule has 0 amide bonds. The second-order valence-corrected chi connectivity index (χ2v) is 3.69. The lowest BCUT2D eigenvalue weighted by Gasteiger charge is -2.04. The van der Waals surface area contributed by atoms with Gasteiger partial charge in [0.15, 0.2) is 0 Å². The molecule has 4 heteroatoms. The minimum atomic E-state index is 0.879. The van der Waals surface area contributed by atoms with Crippen LogP contribution in [-0.2, 0) is 0 Å². The van der Waals surface area contributed by atoms with E-state index in [0.717, 1.165) is 21.3 Å².